The summed E-state index contributed by atoms with van der Waals surface area (Å²) >= 11 is 0. The summed E-state index contributed by atoms with van der Waals surface area (Å²) in [6.07, 6.45) is 4.30. The van der Waals surface area contributed by atoms with E-state index >= 15 is 0 Å². The fourth-order valence-electron chi connectivity index (χ4n) is 2.56. The zero-order valence-corrected chi connectivity index (χ0v) is 12.2. The number of aromatic nitrogens is 3. The minimum atomic E-state index is 0.372. The van der Waals surface area contributed by atoms with E-state index in [9.17, 15) is 0 Å². The molecule has 0 bridgehead atoms. The smallest absolute Gasteiger partial charge is 0.0900 e. The Balaban J connectivity index is 1.91. The highest BCUT2D eigenvalue weighted by Gasteiger charge is 2.09. The summed E-state index contributed by atoms with van der Waals surface area (Å²) in [5, 5.41) is 9.13. The van der Waals surface area contributed by atoms with Crippen LogP contribution in [0.3, 0.4) is 0 Å². The predicted octanol–water partition coefficient (Wildman–Crippen LogP) is 2.70. The Labute approximate surface area is 119 Å². The number of hydrogen-bond acceptors (Lipinski definition) is 2. The van der Waals surface area contributed by atoms with Crippen molar-refractivity contribution in [2.75, 3.05) is 7.05 Å². The van der Waals surface area contributed by atoms with Gasteiger partial charge in [0.25, 0.3) is 0 Å². The first-order valence-corrected chi connectivity index (χ1v) is 6.92. The number of aryl methyl sites for hydroxylation is 1. The standard InChI is InChI=1S/C16H20N4/c1-12(17-2)13-8-9-20(10-13)11-15-14-6-4-5-7-16(14)19(3)18-15/h4-10,12,17H,11H2,1-3H3. The Hall–Kier alpha value is -2.07. The lowest BCUT2D eigenvalue weighted by molar-refractivity contribution is 0.647. The third-order valence-electron chi connectivity index (χ3n) is 3.87. The molecule has 2 aromatic heterocycles. The molecule has 104 valence electrons. The van der Waals surface area contributed by atoms with Crippen LogP contribution in [0.15, 0.2) is 42.7 Å². The van der Waals surface area contributed by atoms with Gasteiger partial charge in [0.2, 0.25) is 0 Å². The van der Waals surface area contributed by atoms with Crippen molar-refractivity contribution in [2.24, 2.45) is 7.05 Å². The van der Waals surface area contributed by atoms with Gasteiger partial charge in [0.05, 0.1) is 17.8 Å². The minimum Gasteiger partial charge on any atom is -0.348 e. The number of hydrogen-bond donors (Lipinski definition) is 1. The lowest BCUT2D eigenvalue weighted by Gasteiger charge is -2.06. The summed E-state index contributed by atoms with van der Waals surface area (Å²) in [5.41, 5.74) is 3.59. The first kappa shape index (κ1) is 12.9. The monoisotopic (exact) mass is 268 g/mol. The summed E-state index contributed by atoms with van der Waals surface area (Å²) in [6.45, 7) is 2.97. The molecule has 0 fully saturated rings. The van der Waals surface area contributed by atoms with Crippen molar-refractivity contribution in [2.45, 2.75) is 19.5 Å². The molecular weight excluding hydrogens is 248 g/mol. The molecule has 3 aromatic rings. The maximum Gasteiger partial charge on any atom is 0.0900 e. The van der Waals surface area contributed by atoms with Crippen LogP contribution in [0.25, 0.3) is 10.9 Å². The van der Waals surface area contributed by atoms with Crippen LogP contribution in [-0.2, 0) is 13.6 Å². The number of rotatable bonds is 4. The minimum absolute atomic E-state index is 0.372. The normalized spacial score (nSPS) is 12.9. The van der Waals surface area contributed by atoms with E-state index in [1.807, 2.05) is 18.8 Å². The van der Waals surface area contributed by atoms with E-state index in [0.717, 1.165) is 12.2 Å². The van der Waals surface area contributed by atoms with Crippen molar-refractivity contribution >= 4 is 10.9 Å². The molecule has 0 aliphatic heterocycles. The van der Waals surface area contributed by atoms with Gasteiger partial charge in [-0.25, -0.2) is 0 Å². The van der Waals surface area contributed by atoms with Crippen LogP contribution >= 0.6 is 0 Å². The third kappa shape index (κ3) is 2.23. The van der Waals surface area contributed by atoms with Gasteiger partial charge in [0, 0.05) is 30.9 Å². The van der Waals surface area contributed by atoms with Gasteiger partial charge in [0.1, 0.15) is 0 Å². The number of benzene rings is 1. The molecular formula is C16H20N4. The van der Waals surface area contributed by atoms with E-state index < -0.39 is 0 Å². The molecule has 0 aliphatic carbocycles. The molecule has 20 heavy (non-hydrogen) atoms. The van der Waals surface area contributed by atoms with Gasteiger partial charge >= 0.3 is 0 Å². The molecule has 0 saturated heterocycles. The van der Waals surface area contributed by atoms with Gasteiger partial charge in [-0.2, -0.15) is 5.10 Å². The molecule has 4 heteroatoms. The number of nitrogens with one attached hydrogen (secondary N) is 1. The second-order valence-electron chi connectivity index (χ2n) is 5.21. The summed E-state index contributed by atoms with van der Waals surface area (Å²) in [4.78, 5) is 0. The highest BCUT2D eigenvalue weighted by Crippen LogP contribution is 2.19. The van der Waals surface area contributed by atoms with Gasteiger partial charge in [-0.3, -0.25) is 4.68 Å². The fraction of sp³-hybridized carbons (Fsp3) is 0.312. The molecule has 1 N–H and O–H groups in total. The Morgan fingerprint density at radius 1 is 1.25 bits per heavy atom. The van der Waals surface area contributed by atoms with Crippen LogP contribution in [0, 0.1) is 0 Å². The molecule has 0 spiro atoms. The van der Waals surface area contributed by atoms with Gasteiger partial charge in [0.15, 0.2) is 0 Å². The molecule has 3 rings (SSSR count). The molecule has 2 heterocycles. The van der Waals surface area contributed by atoms with Gasteiger partial charge in [-0.1, -0.05) is 18.2 Å². The van der Waals surface area contributed by atoms with Crippen molar-refractivity contribution in [1.29, 1.82) is 0 Å². The quantitative estimate of drug-likeness (QED) is 0.789. The van der Waals surface area contributed by atoms with Crippen LogP contribution in [0.4, 0.5) is 0 Å². The zero-order chi connectivity index (χ0) is 14.1. The van der Waals surface area contributed by atoms with Crippen molar-refractivity contribution in [1.82, 2.24) is 19.7 Å². The second kappa shape index (κ2) is 5.13. The van der Waals surface area contributed by atoms with E-state index in [1.165, 1.54) is 16.5 Å². The van der Waals surface area contributed by atoms with Crippen LogP contribution in [0.2, 0.25) is 0 Å². The van der Waals surface area contributed by atoms with Crippen LogP contribution in [-0.4, -0.2) is 21.4 Å². The molecule has 1 atom stereocenters. The number of fused-ring (bicyclic) bond motifs is 1. The van der Waals surface area contributed by atoms with Gasteiger partial charge in [-0.15, -0.1) is 0 Å². The maximum absolute atomic E-state index is 4.64. The summed E-state index contributed by atoms with van der Waals surface area (Å²) in [6, 6.07) is 10.9. The Kier molecular flexibility index (Phi) is 3.32. The van der Waals surface area contributed by atoms with Crippen molar-refractivity contribution in [3.05, 3.63) is 54.0 Å². The molecule has 0 amide bonds. The largest absolute Gasteiger partial charge is 0.348 e. The first-order valence-electron chi connectivity index (χ1n) is 6.92. The Morgan fingerprint density at radius 2 is 2.05 bits per heavy atom. The molecule has 0 aliphatic rings. The average molecular weight is 268 g/mol. The second-order valence-corrected chi connectivity index (χ2v) is 5.21. The highest BCUT2D eigenvalue weighted by atomic mass is 15.3. The summed E-state index contributed by atoms with van der Waals surface area (Å²) < 4.78 is 4.14. The van der Waals surface area contributed by atoms with Gasteiger partial charge in [-0.05, 0) is 31.7 Å². The average Bonchev–Trinajstić information content (AvgIpc) is 3.05. The van der Waals surface area contributed by atoms with Crippen molar-refractivity contribution in [3.63, 3.8) is 0 Å². The molecule has 1 aromatic carbocycles. The molecule has 1 unspecified atom stereocenters. The lowest BCUT2D eigenvalue weighted by atomic mass is 10.2. The van der Waals surface area contributed by atoms with E-state index in [0.29, 0.717) is 6.04 Å². The molecule has 0 radical (unpaired) electrons. The van der Waals surface area contributed by atoms with Crippen molar-refractivity contribution in [3.8, 4) is 0 Å². The Morgan fingerprint density at radius 3 is 2.85 bits per heavy atom. The van der Waals surface area contributed by atoms with Crippen LogP contribution < -0.4 is 5.32 Å². The zero-order valence-electron chi connectivity index (χ0n) is 12.2. The fourth-order valence-corrected chi connectivity index (χ4v) is 2.56. The topological polar surface area (TPSA) is 34.8 Å². The van der Waals surface area contributed by atoms with E-state index in [4.69, 9.17) is 0 Å². The summed E-state index contributed by atoms with van der Waals surface area (Å²) in [7, 11) is 3.98. The molecule has 0 saturated carbocycles. The van der Waals surface area contributed by atoms with Crippen LogP contribution in [0.1, 0.15) is 24.2 Å². The van der Waals surface area contributed by atoms with Gasteiger partial charge < -0.3 is 9.88 Å². The summed E-state index contributed by atoms with van der Waals surface area (Å²) in [5.74, 6) is 0. The van der Waals surface area contributed by atoms with Crippen molar-refractivity contribution < 1.29 is 0 Å². The van der Waals surface area contributed by atoms with Crippen LogP contribution in [0.5, 0.6) is 0 Å². The number of nitrogens with zero attached hydrogens (tertiary/aromatic N) is 3. The third-order valence-corrected chi connectivity index (χ3v) is 3.87. The lowest BCUT2D eigenvalue weighted by Crippen LogP contribution is -2.11. The SMILES string of the molecule is CNC(C)c1ccn(Cc2nn(C)c3ccccc23)c1. The maximum atomic E-state index is 4.64. The van der Waals surface area contributed by atoms with E-state index in [-0.39, 0.29) is 0 Å². The van der Waals surface area contributed by atoms with E-state index in [1.54, 1.807) is 0 Å². The number of para-hydroxylation sites is 1. The Bertz CT molecular complexity index is 723. The predicted molar refractivity (Wildman–Crippen MR) is 81.7 cm³/mol. The first-order chi connectivity index (χ1) is 9.69. The van der Waals surface area contributed by atoms with E-state index in [2.05, 4.69) is 64.6 Å². The molecule has 4 nitrogen and oxygen atoms in total. The highest BCUT2D eigenvalue weighted by molar-refractivity contribution is 5.81.